The van der Waals surface area contributed by atoms with Gasteiger partial charge in [0.05, 0.1) is 0 Å². The summed E-state index contributed by atoms with van der Waals surface area (Å²) >= 11 is 0. The fourth-order valence-corrected chi connectivity index (χ4v) is 1.34. The lowest BCUT2D eigenvalue weighted by Gasteiger charge is -2.21. The first kappa shape index (κ1) is 13.5. The molecule has 0 aliphatic heterocycles. The number of halogens is 3. The van der Waals surface area contributed by atoms with Crippen molar-refractivity contribution >= 4 is 11.6 Å². The van der Waals surface area contributed by atoms with Crippen molar-refractivity contribution in [2.45, 2.75) is 20.0 Å². The Labute approximate surface area is 96.8 Å². The third-order valence-electron chi connectivity index (χ3n) is 2.20. The zero-order valence-electron chi connectivity index (χ0n) is 9.54. The molecule has 0 saturated carbocycles. The molecule has 0 bridgehead atoms. The Morgan fingerprint density at radius 3 is 2.29 bits per heavy atom. The van der Waals surface area contributed by atoms with Crippen LogP contribution in [-0.4, -0.2) is 23.1 Å². The van der Waals surface area contributed by atoms with Gasteiger partial charge in [-0.15, -0.1) is 0 Å². The highest BCUT2D eigenvalue weighted by Crippen LogP contribution is 2.28. The van der Waals surface area contributed by atoms with Crippen molar-refractivity contribution in [3.8, 4) is 0 Å². The second-order valence-electron chi connectivity index (χ2n) is 3.25. The standard InChI is InChI=1S/C9H14F3N5/c1-3-17(4-2)7-5-6(16-13)14-8(15-7)9(10,11)12/h5H,3-4,13H2,1-2H3,(H,14,15,16). The van der Waals surface area contributed by atoms with Crippen molar-refractivity contribution < 1.29 is 13.2 Å². The number of hydrogen-bond donors (Lipinski definition) is 2. The molecule has 3 N–H and O–H groups in total. The highest BCUT2D eigenvalue weighted by atomic mass is 19.4. The zero-order valence-corrected chi connectivity index (χ0v) is 9.54. The first-order valence-electron chi connectivity index (χ1n) is 5.10. The molecular weight excluding hydrogens is 235 g/mol. The Morgan fingerprint density at radius 1 is 1.29 bits per heavy atom. The van der Waals surface area contributed by atoms with Crippen LogP contribution in [0.5, 0.6) is 0 Å². The number of nitrogen functional groups attached to an aromatic ring is 1. The molecule has 0 amide bonds. The number of rotatable bonds is 4. The molecule has 1 heterocycles. The minimum absolute atomic E-state index is 0.0609. The molecule has 1 aromatic heterocycles. The number of anilines is 2. The van der Waals surface area contributed by atoms with Crippen LogP contribution in [0.3, 0.4) is 0 Å². The molecule has 0 spiro atoms. The monoisotopic (exact) mass is 249 g/mol. The maximum atomic E-state index is 12.5. The lowest BCUT2D eigenvalue weighted by molar-refractivity contribution is -0.144. The van der Waals surface area contributed by atoms with E-state index >= 15 is 0 Å². The largest absolute Gasteiger partial charge is 0.451 e. The van der Waals surface area contributed by atoms with E-state index in [1.807, 2.05) is 13.8 Å². The summed E-state index contributed by atoms with van der Waals surface area (Å²) in [6.07, 6.45) is -4.59. The summed E-state index contributed by atoms with van der Waals surface area (Å²) < 4.78 is 37.6. The molecule has 0 unspecified atom stereocenters. The van der Waals surface area contributed by atoms with Crippen molar-refractivity contribution in [1.29, 1.82) is 0 Å². The van der Waals surface area contributed by atoms with Gasteiger partial charge in [-0.25, -0.2) is 15.8 Å². The number of nitrogens with one attached hydrogen (secondary N) is 1. The van der Waals surface area contributed by atoms with Gasteiger partial charge in [0.25, 0.3) is 0 Å². The topological polar surface area (TPSA) is 67.1 Å². The second kappa shape index (κ2) is 5.17. The van der Waals surface area contributed by atoms with E-state index in [9.17, 15) is 13.2 Å². The minimum atomic E-state index is -4.59. The summed E-state index contributed by atoms with van der Waals surface area (Å²) in [6.45, 7) is 4.76. The molecule has 17 heavy (non-hydrogen) atoms. The van der Waals surface area contributed by atoms with Crippen LogP contribution in [0.25, 0.3) is 0 Å². The van der Waals surface area contributed by atoms with Gasteiger partial charge in [0.2, 0.25) is 5.82 Å². The van der Waals surface area contributed by atoms with Gasteiger partial charge in [-0.1, -0.05) is 0 Å². The van der Waals surface area contributed by atoms with Crippen LogP contribution < -0.4 is 16.2 Å². The Hall–Kier alpha value is -1.57. The van der Waals surface area contributed by atoms with Crippen LogP contribution in [0.2, 0.25) is 0 Å². The molecule has 0 radical (unpaired) electrons. The molecule has 0 atom stereocenters. The highest BCUT2D eigenvalue weighted by molar-refractivity contribution is 5.49. The Bertz CT molecular complexity index is 375. The van der Waals surface area contributed by atoms with E-state index in [2.05, 4.69) is 15.4 Å². The van der Waals surface area contributed by atoms with Gasteiger partial charge in [-0.3, -0.25) is 0 Å². The highest BCUT2D eigenvalue weighted by Gasteiger charge is 2.35. The quantitative estimate of drug-likeness (QED) is 0.627. The minimum Gasteiger partial charge on any atom is -0.357 e. The SMILES string of the molecule is CCN(CC)c1cc(NN)nc(C(F)(F)F)n1. The summed E-state index contributed by atoms with van der Waals surface area (Å²) in [7, 11) is 0. The number of nitrogens with two attached hydrogens (primary N) is 1. The molecule has 1 aromatic rings. The average molecular weight is 249 g/mol. The fourth-order valence-electron chi connectivity index (χ4n) is 1.34. The zero-order chi connectivity index (χ0) is 13.1. The van der Waals surface area contributed by atoms with Gasteiger partial charge in [-0.2, -0.15) is 13.2 Å². The maximum Gasteiger partial charge on any atom is 0.451 e. The first-order valence-corrected chi connectivity index (χ1v) is 5.10. The molecule has 96 valence electrons. The molecule has 0 aliphatic carbocycles. The van der Waals surface area contributed by atoms with Crippen LogP contribution >= 0.6 is 0 Å². The molecule has 5 nitrogen and oxygen atoms in total. The van der Waals surface area contributed by atoms with Crippen molar-refractivity contribution in [2.24, 2.45) is 5.84 Å². The summed E-state index contributed by atoms with van der Waals surface area (Å²) in [5.41, 5.74) is 2.11. The van der Waals surface area contributed by atoms with Gasteiger partial charge in [0.1, 0.15) is 11.6 Å². The van der Waals surface area contributed by atoms with E-state index in [-0.39, 0.29) is 11.6 Å². The normalized spacial score (nSPS) is 11.4. The number of alkyl halides is 3. The smallest absolute Gasteiger partial charge is 0.357 e. The van der Waals surface area contributed by atoms with E-state index in [1.165, 1.54) is 6.07 Å². The summed E-state index contributed by atoms with van der Waals surface area (Å²) in [5.74, 6) is 4.03. The van der Waals surface area contributed by atoms with Crippen LogP contribution in [0.15, 0.2) is 6.07 Å². The van der Waals surface area contributed by atoms with Crippen molar-refractivity contribution in [3.63, 3.8) is 0 Å². The molecule has 0 fully saturated rings. The Morgan fingerprint density at radius 2 is 1.88 bits per heavy atom. The van der Waals surface area contributed by atoms with E-state index in [0.717, 1.165) is 0 Å². The molecule has 0 aliphatic rings. The third-order valence-corrected chi connectivity index (χ3v) is 2.20. The van der Waals surface area contributed by atoms with Gasteiger partial charge in [0, 0.05) is 19.2 Å². The van der Waals surface area contributed by atoms with E-state index in [1.54, 1.807) is 4.90 Å². The molecule has 0 aromatic carbocycles. The van der Waals surface area contributed by atoms with Crippen LogP contribution in [0.1, 0.15) is 19.7 Å². The lowest BCUT2D eigenvalue weighted by Crippen LogP contribution is -2.25. The Kier molecular flexibility index (Phi) is 4.11. The average Bonchev–Trinajstić information content (AvgIpc) is 2.29. The summed E-state index contributed by atoms with van der Waals surface area (Å²) in [4.78, 5) is 8.44. The Balaban J connectivity index is 3.22. The van der Waals surface area contributed by atoms with E-state index in [4.69, 9.17) is 5.84 Å². The van der Waals surface area contributed by atoms with Gasteiger partial charge in [-0.05, 0) is 13.8 Å². The molecule has 1 rings (SSSR count). The predicted octanol–water partition coefficient (Wildman–Crippen LogP) is 1.63. The first-order chi connectivity index (χ1) is 7.92. The summed E-state index contributed by atoms with van der Waals surface area (Å²) in [5, 5.41) is 0. The summed E-state index contributed by atoms with van der Waals surface area (Å²) in [6, 6.07) is 1.38. The van der Waals surface area contributed by atoms with Crippen molar-refractivity contribution in [2.75, 3.05) is 23.4 Å². The number of hydrogen-bond acceptors (Lipinski definition) is 5. The van der Waals surface area contributed by atoms with E-state index < -0.39 is 12.0 Å². The third kappa shape index (κ3) is 3.19. The van der Waals surface area contributed by atoms with Gasteiger partial charge in [0.15, 0.2) is 0 Å². The molecule has 8 heteroatoms. The molecular formula is C9H14F3N5. The van der Waals surface area contributed by atoms with Crippen molar-refractivity contribution in [3.05, 3.63) is 11.9 Å². The fraction of sp³-hybridized carbons (Fsp3) is 0.556. The molecule has 0 saturated heterocycles. The van der Waals surface area contributed by atoms with Gasteiger partial charge < -0.3 is 10.3 Å². The van der Waals surface area contributed by atoms with E-state index in [0.29, 0.717) is 13.1 Å². The number of hydrazine groups is 1. The lowest BCUT2D eigenvalue weighted by atomic mass is 10.4. The predicted molar refractivity (Wildman–Crippen MR) is 58.4 cm³/mol. The second-order valence-corrected chi connectivity index (χ2v) is 3.25. The maximum absolute atomic E-state index is 12.5. The van der Waals surface area contributed by atoms with Gasteiger partial charge >= 0.3 is 6.18 Å². The number of nitrogens with zero attached hydrogens (tertiary/aromatic N) is 3. The van der Waals surface area contributed by atoms with Crippen LogP contribution in [-0.2, 0) is 6.18 Å². The van der Waals surface area contributed by atoms with Crippen molar-refractivity contribution in [1.82, 2.24) is 9.97 Å². The van der Waals surface area contributed by atoms with Crippen LogP contribution in [0.4, 0.5) is 24.8 Å². The van der Waals surface area contributed by atoms with Crippen LogP contribution in [0, 0.1) is 0 Å². The number of aromatic nitrogens is 2.